The van der Waals surface area contributed by atoms with E-state index in [1.165, 1.54) is 186 Å². The molecular formula is C64H112O6. The van der Waals surface area contributed by atoms with Crippen LogP contribution in [0.4, 0.5) is 0 Å². The molecule has 0 saturated carbocycles. The first kappa shape index (κ1) is 66.9. The van der Waals surface area contributed by atoms with Crippen molar-refractivity contribution in [3.63, 3.8) is 0 Å². The van der Waals surface area contributed by atoms with Crippen molar-refractivity contribution in [2.45, 2.75) is 303 Å². The van der Waals surface area contributed by atoms with Gasteiger partial charge in [0.05, 0.1) is 0 Å². The summed E-state index contributed by atoms with van der Waals surface area (Å²) in [5, 5.41) is 0. The minimum absolute atomic E-state index is 0.0958. The molecule has 0 aliphatic carbocycles. The molecule has 70 heavy (non-hydrogen) atoms. The van der Waals surface area contributed by atoms with Gasteiger partial charge in [-0.25, -0.2) is 0 Å². The molecule has 0 aliphatic heterocycles. The fraction of sp³-hybridized carbons (Fsp3) is 0.766. The number of hydrogen-bond donors (Lipinski definition) is 0. The molecule has 6 heteroatoms. The lowest BCUT2D eigenvalue weighted by atomic mass is 10.0. The Bertz CT molecular complexity index is 1310. The Hall–Kier alpha value is -3.15. The van der Waals surface area contributed by atoms with Crippen LogP contribution >= 0.6 is 0 Å². The van der Waals surface area contributed by atoms with E-state index in [1.54, 1.807) is 0 Å². The number of rotatable bonds is 54. The predicted octanol–water partition coefficient (Wildman–Crippen LogP) is 20.2. The highest BCUT2D eigenvalue weighted by Crippen LogP contribution is 2.16. The van der Waals surface area contributed by atoms with E-state index in [2.05, 4.69) is 87.6 Å². The van der Waals surface area contributed by atoms with E-state index >= 15 is 0 Å². The van der Waals surface area contributed by atoms with Crippen LogP contribution in [0.5, 0.6) is 0 Å². The smallest absolute Gasteiger partial charge is 0.306 e. The van der Waals surface area contributed by atoms with Gasteiger partial charge in [-0.2, -0.15) is 0 Å². The summed E-state index contributed by atoms with van der Waals surface area (Å²) in [5.74, 6) is -0.973. The van der Waals surface area contributed by atoms with Crippen LogP contribution in [0.2, 0.25) is 0 Å². The molecule has 404 valence electrons. The number of hydrogen-bond acceptors (Lipinski definition) is 6. The second-order valence-electron chi connectivity index (χ2n) is 19.9. The number of unbranched alkanes of at least 4 members (excludes halogenated alkanes) is 31. The van der Waals surface area contributed by atoms with E-state index in [4.69, 9.17) is 14.2 Å². The third-order valence-corrected chi connectivity index (χ3v) is 12.9. The molecule has 0 aromatic rings. The Morgan fingerprint density at radius 3 is 0.929 bits per heavy atom. The summed E-state index contributed by atoms with van der Waals surface area (Å²) in [7, 11) is 0. The van der Waals surface area contributed by atoms with Gasteiger partial charge in [0, 0.05) is 19.3 Å². The van der Waals surface area contributed by atoms with Gasteiger partial charge >= 0.3 is 17.9 Å². The van der Waals surface area contributed by atoms with Gasteiger partial charge < -0.3 is 14.2 Å². The lowest BCUT2D eigenvalue weighted by molar-refractivity contribution is -0.166. The number of esters is 3. The van der Waals surface area contributed by atoms with Crippen molar-refractivity contribution in [1.29, 1.82) is 0 Å². The largest absolute Gasteiger partial charge is 0.462 e. The third-order valence-electron chi connectivity index (χ3n) is 12.9. The molecule has 0 amide bonds. The fourth-order valence-electron chi connectivity index (χ4n) is 8.42. The lowest BCUT2D eigenvalue weighted by Crippen LogP contribution is -2.30. The van der Waals surface area contributed by atoms with E-state index < -0.39 is 6.10 Å². The topological polar surface area (TPSA) is 78.9 Å². The zero-order valence-electron chi connectivity index (χ0n) is 46.3. The Morgan fingerprint density at radius 1 is 0.286 bits per heavy atom. The summed E-state index contributed by atoms with van der Waals surface area (Å²) >= 11 is 0. The predicted molar refractivity (Wildman–Crippen MR) is 302 cm³/mol. The molecule has 0 radical (unpaired) electrons. The molecule has 0 heterocycles. The fourth-order valence-corrected chi connectivity index (χ4v) is 8.42. The van der Waals surface area contributed by atoms with Crippen molar-refractivity contribution < 1.29 is 28.6 Å². The molecule has 0 spiro atoms. The molecule has 0 rings (SSSR count). The highest BCUT2D eigenvalue weighted by Gasteiger charge is 2.19. The Balaban J connectivity index is 4.42. The van der Waals surface area contributed by atoms with Crippen LogP contribution < -0.4 is 0 Å². The lowest BCUT2D eigenvalue weighted by Gasteiger charge is -2.18. The molecule has 0 aliphatic rings. The second kappa shape index (κ2) is 58.4. The van der Waals surface area contributed by atoms with Gasteiger partial charge in [-0.1, -0.05) is 267 Å². The molecule has 0 saturated heterocycles. The summed E-state index contributed by atoms with van der Waals surface area (Å²) in [6.07, 6.45) is 74.8. The average molecular weight is 978 g/mol. The zero-order valence-corrected chi connectivity index (χ0v) is 46.3. The standard InChI is InChI=1S/C64H112O6/c1-4-7-10-13-16-19-22-25-27-29-31-32-34-36-38-40-43-46-49-52-55-58-64(67)70-61(59-68-62(65)56-53-50-47-44-41-24-21-18-15-12-9-6-3)60-69-63(66)57-54-51-48-45-42-39-37-35-33-30-28-26-23-20-17-14-11-8-5-2/h17,20,25-28,33,35,39,42,48,51,61H,4-16,18-19,21-24,29-32,34,36-38,40-41,43-47,49-50,52-60H2,1-3H3/b20-17-,27-25-,28-26-,35-33-,42-39-,51-48-/t61-/m0/s1. The van der Waals surface area contributed by atoms with Gasteiger partial charge in [-0.3, -0.25) is 14.4 Å². The van der Waals surface area contributed by atoms with Crippen molar-refractivity contribution in [2.24, 2.45) is 0 Å². The zero-order chi connectivity index (χ0) is 50.7. The van der Waals surface area contributed by atoms with Gasteiger partial charge in [0.15, 0.2) is 6.10 Å². The Morgan fingerprint density at radius 2 is 0.543 bits per heavy atom. The van der Waals surface area contributed by atoms with E-state index in [0.717, 1.165) is 64.2 Å². The number of carbonyl (C=O) groups excluding carboxylic acids is 3. The van der Waals surface area contributed by atoms with Crippen molar-refractivity contribution in [3.8, 4) is 0 Å². The van der Waals surface area contributed by atoms with E-state index in [9.17, 15) is 14.4 Å². The molecule has 0 unspecified atom stereocenters. The first-order chi connectivity index (χ1) is 34.5. The minimum atomic E-state index is -0.804. The normalized spacial score (nSPS) is 12.6. The van der Waals surface area contributed by atoms with E-state index in [-0.39, 0.29) is 37.5 Å². The van der Waals surface area contributed by atoms with Crippen LogP contribution in [0.15, 0.2) is 72.9 Å². The van der Waals surface area contributed by atoms with Crippen LogP contribution in [0, 0.1) is 0 Å². The maximum absolute atomic E-state index is 12.9. The Labute approximate surface area is 433 Å². The number of ether oxygens (including phenoxy) is 3. The first-order valence-corrected chi connectivity index (χ1v) is 29.9. The van der Waals surface area contributed by atoms with Crippen molar-refractivity contribution in [1.82, 2.24) is 0 Å². The van der Waals surface area contributed by atoms with Gasteiger partial charge in [-0.15, -0.1) is 0 Å². The van der Waals surface area contributed by atoms with Gasteiger partial charge in [0.2, 0.25) is 0 Å². The molecule has 0 aromatic carbocycles. The van der Waals surface area contributed by atoms with Gasteiger partial charge in [0.25, 0.3) is 0 Å². The van der Waals surface area contributed by atoms with Crippen LogP contribution in [-0.2, 0) is 28.6 Å². The first-order valence-electron chi connectivity index (χ1n) is 29.9. The minimum Gasteiger partial charge on any atom is -0.462 e. The Kier molecular flexibility index (Phi) is 55.8. The summed E-state index contributed by atoms with van der Waals surface area (Å²) in [4.78, 5) is 38.1. The summed E-state index contributed by atoms with van der Waals surface area (Å²) in [5.41, 5.74) is 0. The van der Waals surface area contributed by atoms with Crippen LogP contribution in [0.3, 0.4) is 0 Å². The van der Waals surface area contributed by atoms with Crippen LogP contribution in [0.25, 0.3) is 0 Å². The van der Waals surface area contributed by atoms with E-state index in [1.807, 2.05) is 6.08 Å². The molecule has 1 atom stereocenters. The second-order valence-corrected chi connectivity index (χ2v) is 19.9. The van der Waals surface area contributed by atoms with Crippen LogP contribution in [-0.4, -0.2) is 37.2 Å². The van der Waals surface area contributed by atoms with Crippen molar-refractivity contribution in [2.75, 3.05) is 13.2 Å². The van der Waals surface area contributed by atoms with Crippen molar-refractivity contribution >= 4 is 17.9 Å². The van der Waals surface area contributed by atoms with Crippen molar-refractivity contribution in [3.05, 3.63) is 72.9 Å². The SMILES string of the molecule is CCCCC/C=C\C/C=C\C/C=C\C/C=C\C/C=C\CCC(=O)OC[C@H](COC(=O)CCCCCCCCCCCCCC)OC(=O)CCCCCCCCCCCCC/C=C\CCCCCCCC. The maximum Gasteiger partial charge on any atom is 0.306 e. The quantitative estimate of drug-likeness (QED) is 0.0261. The maximum atomic E-state index is 12.9. The average Bonchev–Trinajstić information content (AvgIpc) is 3.36. The summed E-state index contributed by atoms with van der Waals surface area (Å²) in [6.45, 7) is 6.57. The van der Waals surface area contributed by atoms with Gasteiger partial charge in [0.1, 0.15) is 13.2 Å². The molecule has 6 nitrogen and oxygen atoms in total. The molecular weight excluding hydrogens is 865 g/mol. The van der Waals surface area contributed by atoms with Gasteiger partial charge in [-0.05, 0) is 83.5 Å². The van der Waals surface area contributed by atoms with Crippen LogP contribution in [0.1, 0.15) is 297 Å². The molecule has 0 N–H and O–H groups in total. The van der Waals surface area contributed by atoms with E-state index in [0.29, 0.717) is 19.3 Å². The number of carbonyl (C=O) groups is 3. The summed E-state index contributed by atoms with van der Waals surface area (Å²) in [6, 6.07) is 0. The molecule has 0 aromatic heterocycles. The molecule has 0 bridgehead atoms. The summed E-state index contributed by atoms with van der Waals surface area (Å²) < 4.78 is 16.8. The monoisotopic (exact) mass is 977 g/mol. The molecule has 0 fully saturated rings. The highest BCUT2D eigenvalue weighted by molar-refractivity contribution is 5.71. The highest BCUT2D eigenvalue weighted by atomic mass is 16.6. The number of allylic oxidation sites excluding steroid dienone is 12. The third kappa shape index (κ3) is 55.8.